The van der Waals surface area contributed by atoms with Crippen molar-refractivity contribution in [3.63, 3.8) is 0 Å². The van der Waals surface area contributed by atoms with E-state index in [0.717, 1.165) is 109 Å². The van der Waals surface area contributed by atoms with Gasteiger partial charge in [0, 0.05) is 12.8 Å². The third-order valence-corrected chi connectivity index (χ3v) is 9.59. The summed E-state index contributed by atoms with van der Waals surface area (Å²) in [5, 5.41) is 8.89. The van der Waals surface area contributed by atoms with E-state index in [-0.39, 0.29) is 19.4 Å². The molecule has 0 heterocycles. The SMILES string of the molecule is CC/C=C/C=C/C=C/CCCCCCCC(=O)OC(COC(=O)CCCCCCCC/C=C/C/C=C/C/C=C/C/C=C/C/C=C/CC)COP(=O)(O)OC[C@@H](N)C(=O)O. The lowest BCUT2D eigenvalue weighted by Crippen LogP contribution is -2.34. The Labute approximate surface area is 355 Å². The lowest BCUT2D eigenvalue weighted by molar-refractivity contribution is -0.161. The van der Waals surface area contributed by atoms with Crippen molar-refractivity contribution in [2.45, 2.75) is 161 Å². The Morgan fingerprint density at radius 2 is 0.983 bits per heavy atom. The fourth-order valence-corrected chi connectivity index (χ4v) is 6.04. The number of phosphoric ester groups is 1. The Morgan fingerprint density at radius 1 is 0.542 bits per heavy atom. The van der Waals surface area contributed by atoms with Crippen molar-refractivity contribution in [1.82, 2.24) is 0 Å². The quantitative estimate of drug-likeness (QED) is 0.0177. The number of hydrogen-bond donors (Lipinski definition) is 3. The lowest BCUT2D eigenvalue weighted by atomic mass is 10.1. The summed E-state index contributed by atoms with van der Waals surface area (Å²) in [6, 6.07) is -1.53. The molecule has 0 aromatic heterocycles. The van der Waals surface area contributed by atoms with Gasteiger partial charge in [-0.1, -0.05) is 156 Å². The highest BCUT2D eigenvalue weighted by Gasteiger charge is 2.28. The van der Waals surface area contributed by atoms with E-state index in [0.29, 0.717) is 12.8 Å². The van der Waals surface area contributed by atoms with Crippen molar-refractivity contribution in [3.8, 4) is 0 Å². The van der Waals surface area contributed by atoms with Gasteiger partial charge in [-0.2, -0.15) is 0 Å². The monoisotopic (exact) mass is 846 g/mol. The van der Waals surface area contributed by atoms with Gasteiger partial charge in [0.25, 0.3) is 0 Å². The Morgan fingerprint density at radius 3 is 1.53 bits per heavy atom. The third-order valence-electron chi connectivity index (χ3n) is 8.64. The predicted molar refractivity (Wildman–Crippen MR) is 240 cm³/mol. The standard InChI is InChI=1S/C47H76NO10P/c1-3-5-7-9-11-13-15-17-18-19-20-21-22-23-24-25-27-28-30-32-34-36-38-45(49)55-40-43(41-56-59(53,54)57-42-44(48)47(51)52)58-46(50)39-37-35-33-31-29-26-16-14-12-10-8-6-4-2/h5-8,10-14,16-18,20-21,23-24,43-44H,3-4,9,15,19,22,25-42,48H2,1-2H3,(H,51,52)(H,53,54)/b7-5+,8-6+,12-10+,13-11+,16-14+,18-17+,21-20+,24-23+/t43?,44-/m1/s1. The molecule has 0 aliphatic heterocycles. The van der Waals surface area contributed by atoms with Gasteiger partial charge >= 0.3 is 25.7 Å². The van der Waals surface area contributed by atoms with Crippen LogP contribution in [0.15, 0.2) is 97.2 Å². The summed E-state index contributed by atoms with van der Waals surface area (Å²) in [5.41, 5.74) is 5.33. The summed E-state index contributed by atoms with van der Waals surface area (Å²) in [4.78, 5) is 45.9. The van der Waals surface area contributed by atoms with Crippen LogP contribution >= 0.6 is 7.82 Å². The topological polar surface area (TPSA) is 172 Å². The van der Waals surface area contributed by atoms with E-state index in [1.807, 2.05) is 24.3 Å². The summed E-state index contributed by atoms with van der Waals surface area (Å²) in [6.07, 6.45) is 51.9. The number of carboxylic acid groups (broad SMARTS) is 1. The lowest BCUT2D eigenvalue weighted by Gasteiger charge is -2.20. The van der Waals surface area contributed by atoms with Crippen LogP contribution in [0, 0.1) is 0 Å². The molecule has 4 N–H and O–H groups in total. The van der Waals surface area contributed by atoms with Gasteiger partial charge in [-0.05, 0) is 77.0 Å². The van der Waals surface area contributed by atoms with Gasteiger partial charge in [0.2, 0.25) is 0 Å². The van der Waals surface area contributed by atoms with Crippen LogP contribution < -0.4 is 5.73 Å². The smallest absolute Gasteiger partial charge is 0.472 e. The van der Waals surface area contributed by atoms with Gasteiger partial charge in [-0.15, -0.1) is 0 Å². The van der Waals surface area contributed by atoms with Crippen LogP contribution in [0.4, 0.5) is 0 Å². The van der Waals surface area contributed by atoms with Crippen LogP contribution in [-0.4, -0.2) is 59.9 Å². The van der Waals surface area contributed by atoms with Crippen LogP contribution in [0.25, 0.3) is 0 Å². The van der Waals surface area contributed by atoms with Crippen LogP contribution in [0.3, 0.4) is 0 Å². The second-order valence-electron chi connectivity index (χ2n) is 14.1. The summed E-state index contributed by atoms with van der Waals surface area (Å²) in [6.45, 7) is 2.49. The van der Waals surface area contributed by atoms with E-state index in [4.69, 9.17) is 24.8 Å². The van der Waals surface area contributed by atoms with Crippen LogP contribution in [0.1, 0.15) is 149 Å². The number of unbranched alkanes of at least 4 members (excludes halogenated alkanes) is 11. The first kappa shape index (κ1) is 55.4. The third kappa shape index (κ3) is 40.9. The summed E-state index contributed by atoms with van der Waals surface area (Å²) >= 11 is 0. The van der Waals surface area contributed by atoms with Crippen molar-refractivity contribution in [2.75, 3.05) is 19.8 Å². The molecule has 0 fully saturated rings. The number of hydrogen-bond acceptors (Lipinski definition) is 9. The zero-order chi connectivity index (χ0) is 43.5. The van der Waals surface area contributed by atoms with Crippen molar-refractivity contribution < 1.29 is 47.5 Å². The highest BCUT2D eigenvalue weighted by molar-refractivity contribution is 7.47. The minimum atomic E-state index is -4.73. The fourth-order valence-electron chi connectivity index (χ4n) is 5.27. The molecule has 0 rings (SSSR count). The zero-order valence-electron chi connectivity index (χ0n) is 36.0. The molecule has 0 radical (unpaired) electrons. The molecule has 12 heteroatoms. The van der Waals surface area contributed by atoms with Crippen molar-refractivity contribution >= 4 is 25.7 Å². The molecule has 0 saturated heterocycles. The Balaban J connectivity index is 4.38. The average Bonchev–Trinajstić information content (AvgIpc) is 3.21. The van der Waals surface area contributed by atoms with Gasteiger partial charge in [-0.25, -0.2) is 4.57 Å². The minimum absolute atomic E-state index is 0.128. The Hall–Kier alpha value is -3.60. The number of phosphoric acid groups is 1. The molecule has 0 aliphatic rings. The molecule has 0 saturated carbocycles. The van der Waals surface area contributed by atoms with Crippen LogP contribution in [0.2, 0.25) is 0 Å². The van der Waals surface area contributed by atoms with E-state index in [2.05, 4.69) is 91.3 Å². The molecule has 3 atom stereocenters. The molecule has 0 aliphatic carbocycles. The maximum absolute atomic E-state index is 12.6. The highest BCUT2D eigenvalue weighted by Crippen LogP contribution is 2.43. The molecule has 59 heavy (non-hydrogen) atoms. The normalized spacial score (nSPS) is 14.6. The number of aliphatic carboxylic acids is 1. The molecular formula is C47H76NO10P. The molecule has 0 amide bonds. The number of ether oxygens (including phenoxy) is 2. The van der Waals surface area contributed by atoms with E-state index >= 15 is 0 Å². The number of allylic oxidation sites excluding steroid dienone is 16. The number of carboxylic acids is 1. The van der Waals surface area contributed by atoms with Gasteiger partial charge in [0.1, 0.15) is 12.6 Å². The van der Waals surface area contributed by atoms with E-state index < -0.39 is 51.1 Å². The number of carbonyl (C=O) groups excluding carboxylic acids is 2. The molecule has 0 bridgehead atoms. The Bertz CT molecular complexity index is 1360. The fraction of sp³-hybridized carbons (Fsp3) is 0.596. The average molecular weight is 846 g/mol. The highest BCUT2D eigenvalue weighted by atomic mass is 31.2. The molecule has 2 unspecified atom stereocenters. The first-order chi connectivity index (χ1) is 28.6. The van der Waals surface area contributed by atoms with E-state index in [1.54, 1.807) is 0 Å². The van der Waals surface area contributed by atoms with Crippen molar-refractivity contribution in [1.29, 1.82) is 0 Å². The minimum Gasteiger partial charge on any atom is -0.480 e. The van der Waals surface area contributed by atoms with Crippen molar-refractivity contribution in [3.05, 3.63) is 97.2 Å². The first-order valence-corrected chi connectivity index (χ1v) is 23.3. The second-order valence-corrected chi connectivity index (χ2v) is 15.6. The Kier molecular flexibility index (Phi) is 38.6. The largest absolute Gasteiger partial charge is 0.480 e. The number of rotatable bonds is 39. The second kappa shape index (κ2) is 41.1. The van der Waals surface area contributed by atoms with E-state index in [1.165, 1.54) is 0 Å². The summed E-state index contributed by atoms with van der Waals surface area (Å²) in [5.74, 6) is -2.44. The van der Waals surface area contributed by atoms with Gasteiger partial charge in [0.05, 0.1) is 13.2 Å². The number of carbonyl (C=O) groups is 3. The zero-order valence-corrected chi connectivity index (χ0v) is 36.9. The molecular weight excluding hydrogens is 769 g/mol. The molecule has 334 valence electrons. The summed E-state index contributed by atoms with van der Waals surface area (Å²) < 4.78 is 32.6. The summed E-state index contributed by atoms with van der Waals surface area (Å²) in [7, 11) is -4.73. The molecule has 11 nitrogen and oxygen atoms in total. The maximum Gasteiger partial charge on any atom is 0.472 e. The van der Waals surface area contributed by atoms with Gasteiger partial charge in [-0.3, -0.25) is 23.4 Å². The van der Waals surface area contributed by atoms with Crippen LogP contribution in [0.5, 0.6) is 0 Å². The van der Waals surface area contributed by atoms with Gasteiger partial charge < -0.3 is 25.2 Å². The van der Waals surface area contributed by atoms with E-state index in [9.17, 15) is 23.8 Å². The molecule has 0 spiro atoms. The first-order valence-electron chi connectivity index (χ1n) is 21.8. The molecule has 0 aromatic carbocycles. The van der Waals surface area contributed by atoms with Gasteiger partial charge in [0.15, 0.2) is 6.10 Å². The van der Waals surface area contributed by atoms with Crippen molar-refractivity contribution in [2.24, 2.45) is 5.73 Å². The number of esters is 2. The molecule has 0 aromatic rings. The maximum atomic E-state index is 12.6. The number of nitrogens with two attached hydrogens (primary N) is 1. The predicted octanol–water partition coefficient (Wildman–Crippen LogP) is 11.7. The van der Waals surface area contributed by atoms with Crippen LogP contribution in [-0.2, 0) is 37.5 Å².